The third-order valence-corrected chi connectivity index (χ3v) is 2.81. The molecule has 1 N–H and O–H groups in total. The SMILES string of the molecule is CCOC(=O)C(CC)OCC1CNCC(C)(C)O1. The molecule has 0 amide bonds. The van der Waals surface area contributed by atoms with Gasteiger partial charge in [-0.2, -0.15) is 0 Å². The van der Waals surface area contributed by atoms with Gasteiger partial charge >= 0.3 is 5.97 Å². The Bertz CT molecular complexity index is 268. The summed E-state index contributed by atoms with van der Waals surface area (Å²) >= 11 is 0. The van der Waals surface area contributed by atoms with Crippen molar-refractivity contribution in [3.8, 4) is 0 Å². The monoisotopic (exact) mass is 259 g/mol. The summed E-state index contributed by atoms with van der Waals surface area (Å²) in [7, 11) is 0. The van der Waals surface area contributed by atoms with Crippen LogP contribution in [0.4, 0.5) is 0 Å². The molecule has 1 aliphatic heterocycles. The number of esters is 1. The standard InChI is InChI=1S/C13H25NO4/c1-5-11(12(15)16-6-2)17-8-10-7-14-9-13(3,4)18-10/h10-11,14H,5-9H2,1-4H3. The van der Waals surface area contributed by atoms with Crippen molar-refractivity contribution in [1.29, 1.82) is 0 Å². The molecule has 1 rings (SSSR count). The molecule has 0 aromatic rings. The molecule has 0 radical (unpaired) electrons. The van der Waals surface area contributed by atoms with Crippen LogP contribution in [-0.2, 0) is 19.0 Å². The van der Waals surface area contributed by atoms with Crippen molar-refractivity contribution in [3.63, 3.8) is 0 Å². The molecule has 1 fully saturated rings. The Morgan fingerprint density at radius 3 is 2.78 bits per heavy atom. The molecule has 0 aromatic heterocycles. The molecule has 1 aliphatic rings. The lowest BCUT2D eigenvalue weighted by molar-refractivity contribution is -0.165. The Morgan fingerprint density at radius 1 is 1.50 bits per heavy atom. The molecule has 5 heteroatoms. The Hall–Kier alpha value is -0.650. The number of hydrogen-bond donors (Lipinski definition) is 1. The van der Waals surface area contributed by atoms with Crippen LogP contribution < -0.4 is 5.32 Å². The van der Waals surface area contributed by atoms with Crippen LogP contribution in [0.5, 0.6) is 0 Å². The minimum Gasteiger partial charge on any atom is -0.464 e. The van der Waals surface area contributed by atoms with Crippen LogP contribution in [0.3, 0.4) is 0 Å². The van der Waals surface area contributed by atoms with Crippen molar-refractivity contribution < 1.29 is 19.0 Å². The molecule has 0 aromatic carbocycles. The van der Waals surface area contributed by atoms with E-state index in [0.717, 1.165) is 13.1 Å². The van der Waals surface area contributed by atoms with Gasteiger partial charge in [0.15, 0.2) is 6.10 Å². The van der Waals surface area contributed by atoms with Crippen molar-refractivity contribution in [3.05, 3.63) is 0 Å². The number of ether oxygens (including phenoxy) is 3. The van der Waals surface area contributed by atoms with E-state index in [1.54, 1.807) is 6.92 Å². The molecule has 0 spiro atoms. The fourth-order valence-electron chi connectivity index (χ4n) is 1.97. The minimum absolute atomic E-state index is 0.0165. The maximum Gasteiger partial charge on any atom is 0.335 e. The predicted molar refractivity (Wildman–Crippen MR) is 68.5 cm³/mol. The van der Waals surface area contributed by atoms with Crippen LogP contribution in [0.2, 0.25) is 0 Å². The zero-order valence-corrected chi connectivity index (χ0v) is 11.8. The highest BCUT2D eigenvalue weighted by Gasteiger charge is 2.29. The lowest BCUT2D eigenvalue weighted by Crippen LogP contribution is -2.52. The Morgan fingerprint density at radius 2 is 2.22 bits per heavy atom. The molecular formula is C13H25NO4. The minimum atomic E-state index is -0.487. The molecule has 1 heterocycles. The molecule has 2 atom stereocenters. The molecule has 0 aliphatic carbocycles. The highest BCUT2D eigenvalue weighted by atomic mass is 16.6. The van der Waals surface area contributed by atoms with E-state index in [0.29, 0.717) is 19.6 Å². The van der Waals surface area contributed by atoms with Crippen LogP contribution >= 0.6 is 0 Å². The second-order valence-electron chi connectivity index (χ2n) is 5.11. The first kappa shape index (κ1) is 15.4. The van der Waals surface area contributed by atoms with E-state index in [4.69, 9.17) is 14.2 Å². The third kappa shape index (κ3) is 4.92. The van der Waals surface area contributed by atoms with Crippen molar-refractivity contribution in [2.75, 3.05) is 26.3 Å². The zero-order valence-electron chi connectivity index (χ0n) is 11.8. The van der Waals surface area contributed by atoms with E-state index in [1.807, 2.05) is 20.8 Å². The average molecular weight is 259 g/mol. The Balaban J connectivity index is 2.36. The van der Waals surface area contributed by atoms with Crippen LogP contribution in [0, 0.1) is 0 Å². The second-order valence-corrected chi connectivity index (χ2v) is 5.11. The van der Waals surface area contributed by atoms with Gasteiger partial charge < -0.3 is 19.5 Å². The normalized spacial score (nSPS) is 24.6. The summed E-state index contributed by atoms with van der Waals surface area (Å²) in [5.41, 5.74) is -0.183. The molecule has 2 unspecified atom stereocenters. The van der Waals surface area contributed by atoms with Gasteiger partial charge in [-0.25, -0.2) is 4.79 Å². The van der Waals surface area contributed by atoms with Gasteiger partial charge in [0.05, 0.1) is 24.9 Å². The van der Waals surface area contributed by atoms with Gasteiger partial charge in [0.1, 0.15) is 0 Å². The van der Waals surface area contributed by atoms with Crippen molar-refractivity contribution in [2.45, 2.75) is 51.9 Å². The van der Waals surface area contributed by atoms with Gasteiger partial charge in [0.25, 0.3) is 0 Å². The molecule has 0 saturated carbocycles. The summed E-state index contributed by atoms with van der Waals surface area (Å²) in [5, 5.41) is 3.30. The Kier molecular flexibility index (Phi) is 6.05. The van der Waals surface area contributed by atoms with E-state index < -0.39 is 6.10 Å². The third-order valence-electron chi connectivity index (χ3n) is 2.81. The van der Waals surface area contributed by atoms with Crippen LogP contribution in [0.15, 0.2) is 0 Å². The second kappa shape index (κ2) is 7.07. The topological polar surface area (TPSA) is 56.8 Å². The maximum absolute atomic E-state index is 11.6. The number of carbonyl (C=O) groups is 1. The molecule has 18 heavy (non-hydrogen) atoms. The van der Waals surface area contributed by atoms with Crippen LogP contribution in [0.25, 0.3) is 0 Å². The fourth-order valence-corrected chi connectivity index (χ4v) is 1.97. The summed E-state index contributed by atoms with van der Waals surface area (Å²) in [6.45, 7) is 10.2. The Labute approximate surface area is 109 Å². The highest BCUT2D eigenvalue weighted by Crippen LogP contribution is 2.16. The first-order valence-corrected chi connectivity index (χ1v) is 6.65. The quantitative estimate of drug-likeness (QED) is 0.724. The zero-order chi connectivity index (χ0) is 13.6. The van der Waals surface area contributed by atoms with E-state index in [-0.39, 0.29) is 17.7 Å². The van der Waals surface area contributed by atoms with Gasteiger partial charge in [-0.1, -0.05) is 6.92 Å². The average Bonchev–Trinajstić information content (AvgIpc) is 2.29. The van der Waals surface area contributed by atoms with Gasteiger partial charge in [-0.05, 0) is 27.2 Å². The molecule has 0 bridgehead atoms. The van der Waals surface area contributed by atoms with Crippen LogP contribution in [-0.4, -0.2) is 50.1 Å². The number of hydrogen-bond acceptors (Lipinski definition) is 5. The lowest BCUT2D eigenvalue weighted by atomic mass is 10.1. The maximum atomic E-state index is 11.6. The number of nitrogens with one attached hydrogen (secondary N) is 1. The molecular weight excluding hydrogens is 234 g/mol. The first-order chi connectivity index (χ1) is 8.48. The predicted octanol–water partition coefficient (Wildman–Crippen LogP) is 1.11. The number of morpholine rings is 1. The summed E-state index contributed by atoms with van der Waals surface area (Å²) in [6, 6.07) is 0. The largest absolute Gasteiger partial charge is 0.464 e. The highest BCUT2D eigenvalue weighted by molar-refractivity contribution is 5.74. The van der Waals surface area contributed by atoms with Gasteiger partial charge in [-0.15, -0.1) is 0 Å². The summed E-state index contributed by atoms with van der Waals surface area (Å²) in [4.78, 5) is 11.6. The molecule has 1 saturated heterocycles. The number of rotatable bonds is 6. The summed E-state index contributed by atoms with van der Waals surface area (Å²) in [5.74, 6) is -0.289. The summed E-state index contributed by atoms with van der Waals surface area (Å²) in [6.07, 6.45) is 0.110. The van der Waals surface area contributed by atoms with E-state index in [9.17, 15) is 4.79 Å². The van der Waals surface area contributed by atoms with E-state index in [1.165, 1.54) is 0 Å². The van der Waals surface area contributed by atoms with Crippen molar-refractivity contribution in [2.24, 2.45) is 0 Å². The molecule has 106 valence electrons. The lowest BCUT2D eigenvalue weighted by Gasteiger charge is -2.36. The first-order valence-electron chi connectivity index (χ1n) is 6.65. The van der Waals surface area contributed by atoms with Gasteiger partial charge in [0, 0.05) is 13.1 Å². The van der Waals surface area contributed by atoms with E-state index >= 15 is 0 Å². The van der Waals surface area contributed by atoms with Gasteiger partial charge in [-0.3, -0.25) is 0 Å². The number of carbonyl (C=O) groups excluding carboxylic acids is 1. The molecule has 5 nitrogen and oxygen atoms in total. The fraction of sp³-hybridized carbons (Fsp3) is 0.923. The van der Waals surface area contributed by atoms with Crippen molar-refractivity contribution >= 4 is 5.97 Å². The van der Waals surface area contributed by atoms with E-state index in [2.05, 4.69) is 5.32 Å². The van der Waals surface area contributed by atoms with Crippen molar-refractivity contribution in [1.82, 2.24) is 5.32 Å². The van der Waals surface area contributed by atoms with Crippen LogP contribution in [0.1, 0.15) is 34.1 Å². The smallest absolute Gasteiger partial charge is 0.335 e. The van der Waals surface area contributed by atoms with Gasteiger partial charge in [0.2, 0.25) is 0 Å². The summed E-state index contributed by atoms with van der Waals surface area (Å²) < 4.78 is 16.4.